The molecule has 7 heteroatoms. The van der Waals surface area contributed by atoms with Gasteiger partial charge in [-0.3, -0.25) is 4.79 Å². The van der Waals surface area contributed by atoms with Crippen molar-refractivity contribution in [3.05, 3.63) is 0 Å². The van der Waals surface area contributed by atoms with Crippen LogP contribution in [0.1, 0.15) is 33.6 Å². The number of nitrogens with zero attached hydrogens (tertiary/aromatic N) is 1. The van der Waals surface area contributed by atoms with Gasteiger partial charge in [0.2, 0.25) is 10.0 Å². The van der Waals surface area contributed by atoms with E-state index in [1.165, 1.54) is 11.2 Å². The molecule has 2 N–H and O–H groups in total. The molecule has 0 spiro atoms. The molecule has 1 heterocycles. The van der Waals surface area contributed by atoms with Crippen molar-refractivity contribution in [2.75, 3.05) is 19.6 Å². The first kappa shape index (κ1) is 16.4. The van der Waals surface area contributed by atoms with E-state index in [4.69, 9.17) is 5.11 Å². The molecule has 0 amide bonds. The van der Waals surface area contributed by atoms with Crippen LogP contribution in [0, 0.1) is 5.92 Å². The van der Waals surface area contributed by atoms with Gasteiger partial charge in [-0.05, 0) is 32.2 Å². The van der Waals surface area contributed by atoms with Crippen LogP contribution in [0.3, 0.4) is 0 Å². The Balaban J connectivity index is 2.85. The van der Waals surface area contributed by atoms with E-state index < -0.39 is 21.2 Å². The minimum Gasteiger partial charge on any atom is -0.480 e. The number of sulfonamides is 1. The van der Waals surface area contributed by atoms with Crippen LogP contribution >= 0.6 is 0 Å². The summed E-state index contributed by atoms with van der Waals surface area (Å²) < 4.78 is 26.0. The average molecular weight is 292 g/mol. The summed E-state index contributed by atoms with van der Waals surface area (Å²) in [5.74, 6) is -1.13. The first-order valence-electron chi connectivity index (χ1n) is 6.70. The molecule has 0 saturated carbocycles. The van der Waals surface area contributed by atoms with Crippen molar-refractivity contribution < 1.29 is 18.3 Å². The Morgan fingerprint density at radius 1 is 1.42 bits per heavy atom. The van der Waals surface area contributed by atoms with Gasteiger partial charge in [0.25, 0.3) is 0 Å². The molecule has 1 fully saturated rings. The van der Waals surface area contributed by atoms with Crippen molar-refractivity contribution in [1.29, 1.82) is 0 Å². The van der Waals surface area contributed by atoms with E-state index >= 15 is 0 Å². The first-order chi connectivity index (χ1) is 8.75. The van der Waals surface area contributed by atoms with Gasteiger partial charge < -0.3 is 10.4 Å². The number of carboxylic acids is 1. The lowest BCUT2D eigenvalue weighted by Gasteiger charge is -2.28. The molecule has 0 aromatic carbocycles. The number of rotatable bonds is 7. The van der Waals surface area contributed by atoms with Crippen molar-refractivity contribution in [2.24, 2.45) is 5.92 Å². The maximum absolute atomic E-state index is 12.3. The molecule has 2 atom stereocenters. The molecule has 0 aromatic heterocycles. The molecule has 0 bridgehead atoms. The van der Waals surface area contributed by atoms with Gasteiger partial charge in [0, 0.05) is 19.1 Å². The third kappa shape index (κ3) is 4.43. The lowest BCUT2D eigenvalue weighted by molar-refractivity contribution is -0.136. The fraction of sp³-hybridized carbons (Fsp3) is 0.917. The minimum atomic E-state index is -3.79. The van der Waals surface area contributed by atoms with E-state index in [-0.39, 0.29) is 12.0 Å². The summed E-state index contributed by atoms with van der Waals surface area (Å²) in [5.41, 5.74) is 0. The summed E-state index contributed by atoms with van der Waals surface area (Å²) >= 11 is 0. The summed E-state index contributed by atoms with van der Waals surface area (Å²) in [4.78, 5) is 11.0. The van der Waals surface area contributed by atoms with Crippen LogP contribution in [0.15, 0.2) is 0 Å². The van der Waals surface area contributed by atoms with Gasteiger partial charge in [0.1, 0.15) is 0 Å². The van der Waals surface area contributed by atoms with Gasteiger partial charge in [0.15, 0.2) is 5.25 Å². The second kappa shape index (κ2) is 6.67. The summed E-state index contributed by atoms with van der Waals surface area (Å²) in [6.45, 7) is 6.70. The van der Waals surface area contributed by atoms with E-state index in [1.807, 2.05) is 13.8 Å². The van der Waals surface area contributed by atoms with E-state index in [0.717, 1.165) is 19.4 Å². The fourth-order valence-corrected chi connectivity index (χ4v) is 3.79. The number of carboxylic acid groups (broad SMARTS) is 1. The zero-order valence-corrected chi connectivity index (χ0v) is 12.6. The maximum Gasteiger partial charge on any atom is 0.323 e. The van der Waals surface area contributed by atoms with E-state index in [9.17, 15) is 13.2 Å². The minimum absolute atomic E-state index is 0.134. The first-order valence-corrected chi connectivity index (χ1v) is 8.20. The van der Waals surface area contributed by atoms with Crippen LogP contribution in [0.2, 0.25) is 0 Å². The Labute approximate surface area is 115 Å². The summed E-state index contributed by atoms with van der Waals surface area (Å²) in [6, 6.07) is 0.134. The SMILES string of the molecule is CC(C)CN(CC1CCCN1)S(=O)(=O)C(C)C(=O)O. The summed E-state index contributed by atoms with van der Waals surface area (Å²) in [6.07, 6.45) is 1.97. The van der Waals surface area contributed by atoms with Crippen molar-refractivity contribution in [3.63, 3.8) is 0 Å². The predicted molar refractivity (Wildman–Crippen MR) is 73.5 cm³/mol. The highest BCUT2D eigenvalue weighted by Gasteiger charge is 2.35. The Morgan fingerprint density at radius 3 is 2.47 bits per heavy atom. The van der Waals surface area contributed by atoms with Gasteiger partial charge in [-0.2, -0.15) is 4.31 Å². The average Bonchev–Trinajstić information content (AvgIpc) is 2.79. The third-order valence-electron chi connectivity index (χ3n) is 3.31. The molecular formula is C12H24N2O4S. The second-order valence-electron chi connectivity index (χ2n) is 5.53. The van der Waals surface area contributed by atoms with Crippen LogP contribution in [-0.2, 0) is 14.8 Å². The molecule has 0 aliphatic carbocycles. The van der Waals surface area contributed by atoms with Crippen molar-refractivity contribution in [3.8, 4) is 0 Å². The third-order valence-corrected chi connectivity index (χ3v) is 5.42. The maximum atomic E-state index is 12.3. The molecule has 1 aliphatic heterocycles. The van der Waals surface area contributed by atoms with Crippen LogP contribution < -0.4 is 5.32 Å². The van der Waals surface area contributed by atoms with Crippen LogP contribution in [0.5, 0.6) is 0 Å². The van der Waals surface area contributed by atoms with E-state index in [2.05, 4.69) is 5.32 Å². The van der Waals surface area contributed by atoms with Crippen LogP contribution in [-0.4, -0.2) is 54.7 Å². The molecule has 0 aromatic rings. The standard InChI is InChI=1S/C12H24N2O4S/c1-9(2)7-14(8-11-5-4-6-13-11)19(17,18)10(3)12(15)16/h9-11,13H,4-8H2,1-3H3,(H,15,16). The number of aliphatic carboxylic acids is 1. The monoisotopic (exact) mass is 292 g/mol. The zero-order valence-electron chi connectivity index (χ0n) is 11.8. The van der Waals surface area contributed by atoms with Gasteiger partial charge in [-0.15, -0.1) is 0 Å². The van der Waals surface area contributed by atoms with Crippen LogP contribution in [0.25, 0.3) is 0 Å². The lowest BCUT2D eigenvalue weighted by Crippen LogP contribution is -2.47. The molecule has 19 heavy (non-hydrogen) atoms. The number of hydrogen-bond donors (Lipinski definition) is 2. The Morgan fingerprint density at radius 2 is 2.05 bits per heavy atom. The van der Waals surface area contributed by atoms with Crippen molar-refractivity contribution in [2.45, 2.75) is 44.9 Å². The van der Waals surface area contributed by atoms with Crippen molar-refractivity contribution in [1.82, 2.24) is 9.62 Å². The molecule has 1 rings (SSSR count). The Hall–Kier alpha value is -0.660. The number of hydrogen-bond acceptors (Lipinski definition) is 4. The summed E-state index contributed by atoms with van der Waals surface area (Å²) in [5, 5.41) is 10.8. The predicted octanol–water partition coefficient (Wildman–Crippen LogP) is 0.499. The quantitative estimate of drug-likeness (QED) is 0.713. The topological polar surface area (TPSA) is 86.7 Å². The van der Waals surface area contributed by atoms with E-state index in [0.29, 0.717) is 13.1 Å². The molecule has 1 aliphatic rings. The van der Waals surface area contributed by atoms with Crippen molar-refractivity contribution >= 4 is 16.0 Å². The highest BCUT2D eigenvalue weighted by molar-refractivity contribution is 7.90. The zero-order chi connectivity index (χ0) is 14.6. The number of nitrogens with one attached hydrogen (secondary N) is 1. The molecule has 6 nitrogen and oxygen atoms in total. The van der Waals surface area contributed by atoms with E-state index in [1.54, 1.807) is 0 Å². The fourth-order valence-electron chi connectivity index (χ4n) is 2.20. The van der Waals surface area contributed by atoms with Gasteiger partial charge in [-0.25, -0.2) is 8.42 Å². The van der Waals surface area contributed by atoms with Gasteiger partial charge in [-0.1, -0.05) is 13.8 Å². The number of carbonyl (C=O) groups is 1. The second-order valence-corrected chi connectivity index (χ2v) is 7.78. The highest BCUT2D eigenvalue weighted by Crippen LogP contribution is 2.16. The molecule has 112 valence electrons. The van der Waals surface area contributed by atoms with Gasteiger partial charge in [0.05, 0.1) is 0 Å². The molecular weight excluding hydrogens is 268 g/mol. The molecule has 1 saturated heterocycles. The Kier molecular flexibility index (Phi) is 5.76. The Bertz CT molecular complexity index is 402. The molecule has 2 unspecified atom stereocenters. The summed E-state index contributed by atoms with van der Waals surface area (Å²) in [7, 11) is -3.79. The largest absolute Gasteiger partial charge is 0.480 e. The van der Waals surface area contributed by atoms with Crippen LogP contribution in [0.4, 0.5) is 0 Å². The smallest absolute Gasteiger partial charge is 0.323 e. The highest BCUT2D eigenvalue weighted by atomic mass is 32.2. The van der Waals surface area contributed by atoms with Gasteiger partial charge >= 0.3 is 5.97 Å². The lowest BCUT2D eigenvalue weighted by atomic mass is 10.2. The molecule has 0 radical (unpaired) electrons. The normalized spacial score (nSPS) is 22.1.